The zero-order chi connectivity index (χ0) is 18.1. The monoisotopic (exact) mass is 341 g/mol. The van der Waals surface area contributed by atoms with E-state index in [2.05, 4.69) is 0 Å². The molecule has 2 aliphatic rings. The Balaban J connectivity index is 2.34. The van der Waals surface area contributed by atoms with Crippen LogP contribution in [0, 0.1) is 11.8 Å². The van der Waals surface area contributed by atoms with Crippen molar-refractivity contribution in [3.05, 3.63) is 0 Å². The first kappa shape index (κ1) is 18.9. The van der Waals surface area contributed by atoms with Crippen molar-refractivity contribution in [1.82, 2.24) is 4.90 Å². The summed E-state index contributed by atoms with van der Waals surface area (Å²) in [5.41, 5.74) is 0. The zero-order valence-corrected chi connectivity index (χ0v) is 14.5. The van der Waals surface area contributed by atoms with Crippen molar-refractivity contribution in [2.75, 3.05) is 6.54 Å². The molecule has 7 heteroatoms. The lowest BCUT2D eigenvalue weighted by atomic mass is 9.92. The number of hydrogen-bond donors (Lipinski definition) is 2. The molecule has 0 aromatic carbocycles. The lowest BCUT2D eigenvalue weighted by molar-refractivity contribution is -0.232. The largest absolute Gasteiger partial charge is 0.480 e. The normalized spacial score (nSPS) is 35.0. The number of carboxylic acid groups (broad SMARTS) is 1. The molecule has 4 atom stereocenters. The van der Waals surface area contributed by atoms with Crippen LogP contribution in [0.3, 0.4) is 0 Å². The third kappa shape index (κ3) is 3.47. The van der Waals surface area contributed by atoms with Crippen molar-refractivity contribution in [3.8, 4) is 0 Å². The van der Waals surface area contributed by atoms with E-state index < -0.39 is 41.5 Å². The van der Waals surface area contributed by atoms with Crippen molar-refractivity contribution in [3.63, 3.8) is 0 Å². The van der Waals surface area contributed by atoms with Crippen LogP contribution in [0.15, 0.2) is 0 Å². The standard InChI is InChI=1S/C17H27NO6/c1-10(2)13-8-7-11(3)14(19)17(23,24-13)16(22)18-9-5-4-6-12(18)15(20)21/h10-13,23H,4-9H2,1-3H3,(H,20,21)/t11-,12+,13?,17?/m1/s1. The molecule has 2 heterocycles. The molecule has 0 bridgehead atoms. The van der Waals surface area contributed by atoms with E-state index in [0.717, 1.165) is 4.90 Å². The molecule has 0 aromatic rings. The van der Waals surface area contributed by atoms with Gasteiger partial charge in [-0.3, -0.25) is 9.59 Å². The van der Waals surface area contributed by atoms with Gasteiger partial charge in [-0.15, -0.1) is 0 Å². The molecule has 2 saturated heterocycles. The fourth-order valence-corrected chi connectivity index (χ4v) is 3.47. The fraction of sp³-hybridized carbons (Fsp3) is 0.824. The van der Waals surface area contributed by atoms with Gasteiger partial charge in [-0.2, -0.15) is 0 Å². The van der Waals surface area contributed by atoms with E-state index in [4.69, 9.17) is 4.74 Å². The highest BCUT2D eigenvalue weighted by molar-refractivity contribution is 6.09. The molecule has 0 saturated carbocycles. The van der Waals surface area contributed by atoms with E-state index in [1.807, 2.05) is 13.8 Å². The van der Waals surface area contributed by atoms with Gasteiger partial charge in [0.1, 0.15) is 6.04 Å². The summed E-state index contributed by atoms with van der Waals surface area (Å²) >= 11 is 0. The molecule has 2 aliphatic heterocycles. The van der Waals surface area contributed by atoms with Gasteiger partial charge in [0.2, 0.25) is 5.78 Å². The number of Topliss-reactive ketones (excluding diaryl/α,β-unsaturated/α-hetero) is 1. The van der Waals surface area contributed by atoms with Crippen LogP contribution in [0.1, 0.15) is 52.9 Å². The van der Waals surface area contributed by atoms with E-state index in [-0.39, 0.29) is 12.5 Å². The minimum atomic E-state index is -2.59. The number of rotatable bonds is 3. The second kappa shape index (κ2) is 7.19. The molecular formula is C17H27NO6. The predicted molar refractivity (Wildman–Crippen MR) is 85.1 cm³/mol. The van der Waals surface area contributed by atoms with Gasteiger partial charge >= 0.3 is 11.8 Å². The summed E-state index contributed by atoms with van der Waals surface area (Å²) < 4.78 is 5.61. The van der Waals surface area contributed by atoms with Gasteiger partial charge in [0.05, 0.1) is 6.10 Å². The number of ketones is 1. The molecule has 2 rings (SSSR count). The highest BCUT2D eigenvalue weighted by Gasteiger charge is 2.54. The average molecular weight is 341 g/mol. The minimum Gasteiger partial charge on any atom is -0.480 e. The molecule has 24 heavy (non-hydrogen) atoms. The Morgan fingerprint density at radius 1 is 1.25 bits per heavy atom. The number of amides is 1. The minimum absolute atomic E-state index is 0.0269. The highest BCUT2D eigenvalue weighted by atomic mass is 16.6. The van der Waals surface area contributed by atoms with Crippen LogP contribution in [0.4, 0.5) is 0 Å². The molecule has 2 N–H and O–H groups in total. The number of carbonyl (C=O) groups is 3. The lowest BCUT2D eigenvalue weighted by Crippen LogP contribution is -2.62. The van der Waals surface area contributed by atoms with Crippen LogP contribution < -0.4 is 0 Å². The molecule has 1 amide bonds. The number of aliphatic hydroxyl groups is 1. The van der Waals surface area contributed by atoms with Crippen molar-refractivity contribution in [2.24, 2.45) is 11.8 Å². The summed E-state index contributed by atoms with van der Waals surface area (Å²) in [6.45, 7) is 5.67. The highest BCUT2D eigenvalue weighted by Crippen LogP contribution is 2.32. The van der Waals surface area contributed by atoms with Gasteiger partial charge in [0.15, 0.2) is 0 Å². The number of hydrogen-bond acceptors (Lipinski definition) is 5. The molecule has 0 spiro atoms. The van der Waals surface area contributed by atoms with Gasteiger partial charge < -0.3 is 19.8 Å². The Kier molecular flexibility index (Phi) is 5.65. The summed E-state index contributed by atoms with van der Waals surface area (Å²) in [7, 11) is 0. The Morgan fingerprint density at radius 2 is 1.92 bits per heavy atom. The van der Waals surface area contributed by atoms with E-state index in [0.29, 0.717) is 32.1 Å². The van der Waals surface area contributed by atoms with Crippen LogP contribution >= 0.6 is 0 Å². The number of ether oxygens (including phenoxy) is 1. The smallest absolute Gasteiger partial charge is 0.326 e. The van der Waals surface area contributed by atoms with E-state index >= 15 is 0 Å². The maximum Gasteiger partial charge on any atom is 0.326 e. The molecule has 0 aromatic heterocycles. The Labute approximate surface area is 142 Å². The number of carboxylic acids is 1. The van der Waals surface area contributed by atoms with Crippen molar-refractivity contribution >= 4 is 17.7 Å². The SMILES string of the molecule is CC(C)C1CC[C@@H](C)C(=O)C(O)(C(=O)N2CCCC[C@H]2C(=O)O)O1. The van der Waals surface area contributed by atoms with Gasteiger partial charge in [-0.25, -0.2) is 4.79 Å². The Bertz CT molecular complexity index is 519. The molecule has 0 aliphatic carbocycles. The number of likely N-dealkylation sites (tertiary alicyclic amines) is 1. The summed E-state index contributed by atoms with van der Waals surface area (Å²) in [6.07, 6.45) is 2.32. The van der Waals surface area contributed by atoms with Crippen LogP contribution in [0.25, 0.3) is 0 Å². The molecule has 2 unspecified atom stereocenters. The number of nitrogens with zero attached hydrogens (tertiary/aromatic N) is 1. The number of piperidine rings is 1. The Hall–Kier alpha value is -1.47. The maximum atomic E-state index is 12.9. The third-order valence-electron chi connectivity index (χ3n) is 5.07. The van der Waals surface area contributed by atoms with Crippen LogP contribution in [0.5, 0.6) is 0 Å². The Morgan fingerprint density at radius 3 is 2.50 bits per heavy atom. The second-order valence-corrected chi connectivity index (χ2v) is 7.24. The number of carbonyl (C=O) groups excluding carboxylic acids is 2. The summed E-state index contributed by atoms with van der Waals surface area (Å²) in [5.74, 6) is -5.81. The van der Waals surface area contributed by atoms with Gasteiger partial charge in [-0.1, -0.05) is 20.8 Å². The summed E-state index contributed by atoms with van der Waals surface area (Å²) in [4.78, 5) is 38.1. The van der Waals surface area contributed by atoms with Gasteiger partial charge in [0, 0.05) is 12.5 Å². The maximum absolute atomic E-state index is 12.9. The molecule has 0 radical (unpaired) electrons. The first-order valence-corrected chi connectivity index (χ1v) is 8.66. The van der Waals surface area contributed by atoms with Crippen LogP contribution in [0.2, 0.25) is 0 Å². The topological polar surface area (TPSA) is 104 Å². The van der Waals surface area contributed by atoms with Gasteiger partial charge in [0.25, 0.3) is 5.91 Å². The second-order valence-electron chi connectivity index (χ2n) is 7.24. The van der Waals surface area contributed by atoms with Crippen LogP contribution in [-0.2, 0) is 19.1 Å². The summed E-state index contributed by atoms with van der Waals surface area (Å²) in [6, 6.07) is -1.03. The van der Waals surface area contributed by atoms with Crippen molar-refractivity contribution in [1.29, 1.82) is 0 Å². The first-order chi connectivity index (χ1) is 11.2. The summed E-state index contributed by atoms with van der Waals surface area (Å²) in [5, 5.41) is 20.2. The number of aliphatic carboxylic acids is 1. The van der Waals surface area contributed by atoms with Gasteiger partial charge in [-0.05, 0) is 38.0 Å². The third-order valence-corrected chi connectivity index (χ3v) is 5.07. The zero-order valence-electron chi connectivity index (χ0n) is 14.5. The average Bonchev–Trinajstić information content (AvgIpc) is 2.66. The quantitative estimate of drug-likeness (QED) is 0.747. The predicted octanol–water partition coefficient (Wildman–Crippen LogP) is 1.18. The van der Waals surface area contributed by atoms with E-state index in [1.54, 1.807) is 6.92 Å². The van der Waals surface area contributed by atoms with E-state index in [1.165, 1.54) is 0 Å². The van der Waals surface area contributed by atoms with Crippen molar-refractivity contribution < 1.29 is 29.3 Å². The van der Waals surface area contributed by atoms with Crippen molar-refractivity contribution in [2.45, 2.75) is 70.8 Å². The molecule has 136 valence electrons. The van der Waals surface area contributed by atoms with Crippen LogP contribution in [-0.4, -0.2) is 57.3 Å². The lowest BCUT2D eigenvalue weighted by Gasteiger charge is -2.39. The fourth-order valence-electron chi connectivity index (χ4n) is 3.47. The molecular weight excluding hydrogens is 314 g/mol. The molecule has 2 fully saturated rings. The first-order valence-electron chi connectivity index (χ1n) is 8.66. The van der Waals surface area contributed by atoms with E-state index in [9.17, 15) is 24.6 Å². The molecule has 7 nitrogen and oxygen atoms in total.